The first-order valence-corrected chi connectivity index (χ1v) is 8.98. The number of benzene rings is 2. The number of hydrogen-bond acceptors (Lipinski definition) is 5. The maximum atomic E-state index is 11.5. The summed E-state index contributed by atoms with van der Waals surface area (Å²) >= 11 is 4.43. The summed E-state index contributed by atoms with van der Waals surface area (Å²) in [4.78, 5) is 17.6. The van der Waals surface area contributed by atoms with Crippen molar-refractivity contribution in [3.8, 4) is 0 Å². The molecular formula is C15H11NO2S3. The fraction of sp³-hybridized carbons (Fsp3) is 0.0667. The van der Waals surface area contributed by atoms with E-state index in [-0.39, 0.29) is 0 Å². The molecule has 3 nitrogen and oxygen atoms in total. The van der Waals surface area contributed by atoms with Crippen molar-refractivity contribution in [3.05, 3.63) is 48.0 Å². The zero-order chi connectivity index (χ0) is 14.8. The molecule has 6 heteroatoms. The minimum absolute atomic E-state index is 0.356. The van der Waals surface area contributed by atoms with Gasteiger partial charge in [-0.2, -0.15) is 0 Å². The van der Waals surface area contributed by atoms with Crippen LogP contribution in [0.15, 0.2) is 56.6 Å². The Morgan fingerprint density at radius 2 is 1.90 bits per heavy atom. The molecular weight excluding hydrogens is 322 g/mol. The number of fused-ring (bicyclic) bond motifs is 1. The average Bonchev–Trinajstić information content (AvgIpc) is 2.88. The predicted octanol–water partition coefficient (Wildman–Crippen LogP) is 4.87. The highest BCUT2D eigenvalue weighted by atomic mass is 32.2. The van der Waals surface area contributed by atoms with Crippen molar-refractivity contribution in [2.75, 3.05) is 6.26 Å². The van der Waals surface area contributed by atoms with E-state index in [0.717, 1.165) is 24.3 Å². The van der Waals surface area contributed by atoms with Crippen LogP contribution in [0.4, 0.5) is 0 Å². The second kappa shape index (κ2) is 6.09. The molecule has 0 saturated heterocycles. The SMILES string of the molecule is CSc1cccc(Sc2nc3ccccc3s2)c1C(=O)O. The first kappa shape index (κ1) is 14.4. The summed E-state index contributed by atoms with van der Waals surface area (Å²) in [6.07, 6.45) is 1.88. The number of aromatic nitrogens is 1. The topological polar surface area (TPSA) is 50.2 Å². The molecule has 0 aliphatic carbocycles. The molecule has 0 radical (unpaired) electrons. The molecule has 3 rings (SSSR count). The summed E-state index contributed by atoms with van der Waals surface area (Å²) in [5.74, 6) is -0.899. The maximum absolute atomic E-state index is 11.5. The molecule has 3 aromatic rings. The molecule has 106 valence electrons. The van der Waals surface area contributed by atoms with E-state index in [0.29, 0.717) is 5.56 Å². The highest BCUT2D eigenvalue weighted by molar-refractivity contribution is 8.01. The number of thioether (sulfide) groups is 1. The van der Waals surface area contributed by atoms with Gasteiger partial charge in [-0.1, -0.05) is 30.0 Å². The summed E-state index contributed by atoms with van der Waals surface area (Å²) in [7, 11) is 0. The number of aromatic carboxylic acids is 1. The highest BCUT2D eigenvalue weighted by Gasteiger charge is 2.17. The minimum Gasteiger partial charge on any atom is -0.478 e. The lowest BCUT2D eigenvalue weighted by molar-refractivity contribution is 0.0689. The van der Waals surface area contributed by atoms with E-state index in [1.165, 1.54) is 23.5 Å². The molecule has 0 bridgehead atoms. The van der Waals surface area contributed by atoms with E-state index in [1.807, 2.05) is 48.7 Å². The number of rotatable bonds is 4. The van der Waals surface area contributed by atoms with E-state index < -0.39 is 5.97 Å². The quantitative estimate of drug-likeness (QED) is 0.690. The van der Waals surface area contributed by atoms with Crippen LogP contribution in [0.25, 0.3) is 10.2 Å². The number of carboxylic acid groups (broad SMARTS) is 1. The summed E-state index contributed by atoms with van der Waals surface area (Å²) in [6, 6.07) is 13.5. The van der Waals surface area contributed by atoms with Crippen molar-refractivity contribution in [3.63, 3.8) is 0 Å². The van der Waals surface area contributed by atoms with Crippen molar-refractivity contribution in [2.24, 2.45) is 0 Å². The summed E-state index contributed by atoms with van der Waals surface area (Å²) < 4.78 is 1.97. The van der Waals surface area contributed by atoms with E-state index in [4.69, 9.17) is 0 Å². The third-order valence-corrected chi connectivity index (χ3v) is 5.83. The molecule has 0 aliphatic heterocycles. The second-order valence-corrected chi connectivity index (χ2v) is 7.36. The Bertz CT molecular complexity index is 781. The van der Waals surface area contributed by atoms with Crippen LogP contribution in [0, 0.1) is 0 Å². The van der Waals surface area contributed by atoms with Crippen LogP contribution in [0.2, 0.25) is 0 Å². The van der Waals surface area contributed by atoms with Crippen LogP contribution < -0.4 is 0 Å². The molecule has 0 saturated carbocycles. The molecule has 0 spiro atoms. The first-order valence-electron chi connectivity index (χ1n) is 6.13. The van der Waals surface area contributed by atoms with Gasteiger partial charge in [-0.25, -0.2) is 9.78 Å². The van der Waals surface area contributed by atoms with Gasteiger partial charge in [0, 0.05) is 9.79 Å². The van der Waals surface area contributed by atoms with Gasteiger partial charge in [-0.15, -0.1) is 23.1 Å². The summed E-state index contributed by atoms with van der Waals surface area (Å²) in [5, 5.41) is 9.45. The largest absolute Gasteiger partial charge is 0.478 e. The van der Waals surface area contributed by atoms with Gasteiger partial charge in [0.15, 0.2) is 4.34 Å². The fourth-order valence-electron chi connectivity index (χ4n) is 1.97. The molecule has 1 heterocycles. The lowest BCUT2D eigenvalue weighted by Gasteiger charge is -2.07. The standard InChI is InChI=1S/C15H11NO2S3/c1-19-11-7-4-8-12(13(11)14(17)18)21-15-16-9-5-2-3-6-10(9)20-15/h2-8H,1H3,(H,17,18). The van der Waals surface area contributed by atoms with Crippen LogP contribution in [-0.2, 0) is 0 Å². The number of hydrogen-bond donors (Lipinski definition) is 1. The van der Waals surface area contributed by atoms with Gasteiger partial charge in [0.1, 0.15) is 0 Å². The lowest BCUT2D eigenvalue weighted by Crippen LogP contribution is -2.01. The van der Waals surface area contributed by atoms with Gasteiger partial charge in [-0.05, 0) is 30.5 Å². The van der Waals surface area contributed by atoms with E-state index in [9.17, 15) is 9.90 Å². The van der Waals surface area contributed by atoms with Gasteiger partial charge in [0.2, 0.25) is 0 Å². The summed E-state index contributed by atoms with van der Waals surface area (Å²) in [5.41, 5.74) is 1.30. The smallest absolute Gasteiger partial charge is 0.337 e. The van der Waals surface area contributed by atoms with Crippen molar-refractivity contribution in [1.82, 2.24) is 4.98 Å². The average molecular weight is 333 g/mol. The Hall–Kier alpha value is -1.50. The van der Waals surface area contributed by atoms with Crippen LogP contribution in [0.1, 0.15) is 10.4 Å². The van der Waals surface area contributed by atoms with Crippen molar-refractivity contribution in [2.45, 2.75) is 14.1 Å². The zero-order valence-electron chi connectivity index (χ0n) is 11.1. The molecule has 0 fully saturated rings. The molecule has 1 N–H and O–H groups in total. The number of thiazole rings is 1. The molecule has 0 atom stereocenters. The number of carbonyl (C=O) groups is 1. The number of para-hydroxylation sites is 1. The zero-order valence-corrected chi connectivity index (χ0v) is 13.5. The van der Waals surface area contributed by atoms with Crippen molar-refractivity contribution >= 4 is 51.0 Å². The highest BCUT2D eigenvalue weighted by Crippen LogP contribution is 2.38. The first-order chi connectivity index (χ1) is 10.2. The van der Waals surface area contributed by atoms with Crippen molar-refractivity contribution < 1.29 is 9.90 Å². The van der Waals surface area contributed by atoms with Crippen LogP contribution in [0.5, 0.6) is 0 Å². The monoisotopic (exact) mass is 333 g/mol. The lowest BCUT2D eigenvalue weighted by atomic mass is 10.2. The molecule has 0 amide bonds. The van der Waals surface area contributed by atoms with Crippen LogP contribution in [0.3, 0.4) is 0 Å². The molecule has 21 heavy (non-hydrogen) atoms. The normalized spacial score (nSPS) is 10.9. The Morgan fingerprint density at radius 1 is 1.14 bits per heavy atom. The van der Waals surface area contributed by atoms with Gasteiger partial charge in [0.05, 0.1) is 15.8 Å². The third kappa shape index (κ3) is 2.92. The fourth-order valence-corrected chi connectivity index (χ4v) is 4.83. The Balaban J connectivity index is 2.03. The minimum atomic E-state index is -0.899. The molecule has 0 aliphatic rings. The summed E-state index contributed by atoms with van der Waals surface area (Å²) in [6.45, 7) is 0. The van der Waals surface area contributed by atoms with Crippen LogP contribution >= 0.6 is 34.9 Å². The van der Waals surface area contributed by atoms with Gasteiger partial charge in [-0.3, -0.25) is 0 Å². The maximum Gasteiger partial charge on any atom is 0.337 e. The number of carboxylic acids is 1. The predicted molar refractivity (Wildman–Crippen MR) is 88.9 cm³/mol. The van der Waals surface area contributed by atoms with Crippen LogP contribution in [-0.4, -0.2) is 22.3 Å². The third-order valence-electron chi connectivity index (χ3n) is 2.89. The molecule has 0 unspecified atom stereocenters. The van der Waals surface area contributed by atoms with E-state index >= 15 is 0 Å². The van der Waals surface area contributed by atoms with Crippen molar-refractivity contribution in [1.29, 1.82) is 0 Å². The number of nitrogens with zero attached hydrogens (tertiary/aromatic N) is 1. The Labute approximate surface area is 134 Å². The van der Waals surface area contributed by atoms with Gasteiger partial charge in [0.25, 0.3) is 0 Å². The Morgan fingerprint density at radius 3 is 2.62 bits per heavy atom. The second-order valence-electron chi connectivity index (χ2n) is 4.19. The van der Waals surface area contributed by atoms with Gasteiger partial charge >= 0.3 is 5.97 Å². The molecule has 1 aromatic heterocycles. The molecule has 2 aromatic carbocycles. The van der Waals surface area contributed by atoms with E-state index in [1.54, 1.807) is 11.3 Å². The van der Waals surface area contributed by atoms with Gasteiger partial charge < -0.3 is 5.11 Å². The van der Waals surface area contributed by atoms with E-state index in [2.05, 4.69) is 4.98 Å². The Kier molecular flexibility index (Phi) is 4.19.